The van der Waals surface area contributed by atoms with Crippen molar-refractivity contribution in [2.45, 2.75) is 41.9 Å². The van der Waals surface area contributed by atoms with Crippen LogP contribution in [0.25, 0.3) is 21.8 Å². The lowest BCUT2D eigenvalue weighted by Crippen LogP contribution is -2.31. The van der Waals surface area contributed by atoms with Gasteiger partial charge in [-0.1, -0.05) is 97.1 Å². The molecule has 4 amide bonds. The van der Waals surface area contributed by atoms with Gasteiger partial charge in [-0.3, -0.25) is 29.0 Å². The van der Waals surface area contributed by atoms with E-state index in [0.717, 1.165) is 33.0 Å². The zero-order valence-electron chi connectivity index (χ0n) is 35.7. The minimum Gasteiger partial charge on any atom is -0.274 e. The Morgan fingerprint density at radius 2 is 0.716 bits per heavy atom. The van der Waals surface area contributed by atoms with Crippen molar-refractivity contribution < 1.29 is 36.0 Å². The van der Waals surface area contributed by atoms with E-state index in [0.29, 0.717) is 40.2 Å². The fourth-order valence-corrected chi connectivity index (χ4v) is 14.3. The van der Waals surface area contributed by atoms with Gasteiger partial charge in [-0.25, -0.2) is 24.8 Å². The molecule has 6 aromatic carbocycles. The van der Waals surface area contributed by atoms with E-state index in [2.05, 4.69) is 0 Å². The third-order valence-corrected chi connectivity index (χ3v) is 17.8. The fraction of sp³-hybridized carbons (Fsp3) is 0.170. The predicted molar refractivity (Wildman–Crippen MR) is 251 cm³/mol. The van der Waals surface area contributed by atoms with Crippen LogP contribution < -0.4 is 9.80 Å². The highest BCUT2D eigenvalue weighted by Gasteiger charge is 2.53. The molecule has 2 aliphatic carbocycles. The highest BCUT2D eigenvalue weighted by molar-refractivity contribution is 7.90. The molecule has 4 heterocycles. The number of nitrogens with zero attached hydrogens (tertiary/aromatic N) is 4. The molecule has 14 heteroatoms. The van der Waals surface area contributed by atoms with Gasteiger partial charge in [-0.15, -0.1) is 0 Å². The summed E-state index contributed by atoms with van der Waals surface area (Å²) in [4.78, 5) is 59.2. The minimum atomic E-state index is -4.01. The van der Waals surface area contributed by atoms with E-state index in [1.54, 1.807) is 109 Å². The summed E-state index contributed by atoms with van der Waals surface area (Å²) in [6, 6.07) is 45.4. The monoisotopic (exact) mass is 924 g/mol. The van der Waals surface area contributed by atoms with E-state index in [9.17, 15) is 36.0 Å². The van der Waals surface area contributed by atoms with E-state index in [4.69, 9.17) is 0 Å². The second-order valence-electron chi connectivity index (χ2n) is 17.8. The molecule has 12 nitrogen and oxygen atoms in total. The number of para-hydroxylation sites is 2. The standard InChI is InChI=1S/C53H40N4O8S2/c58-50-42-28-40-38-15-7-9-17-46(38)56(66(62,63)36-11-3-1-4-12-36)48(40)30-44(42)52(60)54(50)34-23-19-32(20-24-34)27-33-21-25-35(26-22-33)55-51(59)43-29-41-39-16-8-10-18-47(39)57(49(41)31-45(43)53(55)61)67(64,65)37-13-5-2-6-14-37/h1-26,42-45H,27-31H2/t42-,43-,44+,45+/m0/s1. The number of carbonyl (C=O) groups is 4. The van der Waals surface area contributed by atoms with E-state index in [1.807, 2.05) is 48.5 Å². The van der Waals surface area contributed by atoms with Crippen LogP contribution in [0, 0.1) is 23.7 Å². The first-order valence-corrected chi connectivity index (χ1v) is 25.1. The molecule has 67 heavy (non-hydrogen) atoms. The van der Waals surface area contributed by atoms with Crippen molar-refractivity contribution in [2.75, 3.05) is 9.80 Å². The summed E-state index contributed by atoms with van der Waals surface area (Å²) in [5.74, 6) is -4.03. The van der Waals surface area contributed by atoms with Crippen LogP contribution in [-0.2, 0) is 71.3 Å². The highest BCUT2D eigenvalue weighted by Crippen LogP contribution is 2.46. The average Bonchev–Trinajstić information content (AvgIpc) is 4.02. The van der Waals surface area contributed by atoms with Crippen molar-refractivity contribution in [3.8, 4) is 0 Å². The first-order chi connectivity index (χ1) is 32.4. The topological polar surface area (TPSA) is 153 Å². The molecule has 0 spiro atoms. The minimum absolute atomic E-state index is 0.108. The molecule has 12 rings (SSSR count). The predicted octanol–water partition coefficient (Wildman–Crippen LogP) is 7.47. The molecular formula is C53H40N4O8S2. The molecular weight excluding hydrogens is 885 g/mol. The molecule has 0 radical (unpaired) electrons. The van der Waals surface area contributed by atoms with Crippen LogP contribution in [0.15, 0.2) is 168 Å². The van der Waals surface area contributed by atoms with Crippen LogP contribution >= 0.6 is 0 Å². The number of imide groups is 2. The van der Waals surface area contributed by atoms with Crippen molar-refractivity contribution >= 4 is 76.9 Å². The lowest BCUT2D eigenvalue weighted by Gasteiger charge is -2.23. The van der Waals surface area contributed by atoms with Crippen molar-refractivity contribution in [3.05, 3.63) is 191 Å². The third-order valence-electron chi connectivity index (χ3n) is 14.2. The van der Waals surface area contributed by atoms with Gasteiger partial charge in [0, 0.05) is 35.0 Å². The maximum Gasteiger partial charge on any atom is 0.268 e. The van der Waals surface area contributed by atoms with Gasteiger partial charge in [0.1, 0.15) is 0 Å². The van der Waals surface area contributed by atoms with Gasteiger partial charge in [-0.2, -0.15) is 0 Å². The number of anilines is 2. The lowest BCUT2D eigenvalue weighted by molar-refractivity contribution is -0.124. The van der Waals surface area contributed by atoms with Gasteiger partial charge in [0.25, 0.3) is 20.0 Å². The number of carbonyl (C=O) groups excluding carboxylic acids is 4. The Kier molecular flexibility index (Phi) is 9.22. The maximum atomic E-state index is 14.1. The Hall–Kier alpha value is -7.42. The number of rotatable bonds is 8. The molecule has 2 aromatic heterocycles. The summed E-state index contributed by atoms with van der Waals surface area (Å²) in [5.41, 5.74) is 6.34. The number of amides is 4. The summed E-state index contributed by atoms with van der Waals surface area (Å²) < 4.78 is 59.1. The van der Waals surface area contributed by atoms with Crippen LogP contribution in [0.5, 0.6) is 0 Å². The Morgan fingerprint density at radius 3 is 1.09 bits per heavy atom. The summed E-state index contributed by atoms with van der Waals surface area (Å²) in [6.07, 6.45) is 1.20. The van der Waals surface area contributed by atoms with Gasteiger partial charge in [0.2, 0.25) is 23.6 Å². The number of aromatic nitrogens is 2. The summed E-state index contributed by atoms with van der Waals surface area (Å²) in [5, 5.41) is 1.50. The van der Waals surface area contributed by atoms with Crippen molar-refractivity contribution in [2.24, 2.45) is 23.7 Å². The summed E-state index contributed by atoms with van der Waals surface area (Å²) in [7, 11) is -8.01. The molecule has 0 N–H and O–H groups in total. The number of benzene rings is 6. The van der Waals surface area contributed by atoms with Crippen LogP contribution in [0.1, 0.15) is 33.6 Å². The molecule has 0 bridgehead atoms. The van der Waals surface area contributed by atoms with Crippen LogP contribution in [0.3, 0.4) is 0 Å². The van der Waals surface area contributed by atoms with E-state index < -0.39 is 43.7 Å². The van der Waals surface area contributed by atoms with Crippen molar-refractivity contribution in [1.82, 2.24) is 7.94 Å². The molecule has 2 saturated heterocycles. The molecule has 2 fully saturated rings. The largest absolute Gasteiger partial charge is 0.274 e. The quantitative estimate of drug-likeness (QED) is 0.142. The molecule has 4 aliphatic rings. The second kappa shape index (κ2) is 15.1. The number of hydrogen-bond donors (Lipinski definition) is 0. The van der Waals surface area contributed by atoms with Crippen LogP contribution in [-0.4, -0.2) is 48.4 Å². The normalized spacial score (nSPS) is 20.4. The van der Waals surface area contributed by atoms with Crippen molar-refractivity contribution in [3.63, 3.8) is 0 Å². The van der Waals surface area contributed by atoms with E-state index >= 15 is 0 Å². The SMILES string of the molecule is O=C1[C@H]2Cc3c(n(S(=O)(=O)c4ccccc4)c4ccccc34)C[C@H]2C(=O)N1c1ccc(Cc2ccc(N3C(=O)[C@H]4Cc5c(n(S(=O)(=O)c6ccccc6)c6ccccc56)C[C@H]4C3=O)cc2)cc1. The Balaban J connectivity index is 0.759. The molecule has 332 valence electrons. The van der Waals surface area contributed by atoms with Gasteiger partial charge in [-0.05, 0) is 102 Å². The molecule has 8 aromatic rings. The zero-order chi connectivity index (χ0) is 45.9. The smallest absolute Gasteiger partial charge is 0.268 e. The molecule has 0 saturated carbocycles. The van der Waals surface area contributed by atoms with Crippen LogP contribution in [0.2, 0.25) is 0 Å². The summed E-state index contributed by atoms with van der Waals surface area (Å²) >= 11 is 0. The number of fused-ring (bicyclic) bond motifs is 8. The van der Waals surface area contributed by atoms with Gasteiger partial charge >= 0.3 is 0 Å². The highest BCUT2D eigenvalue weighted by atomic mass is 32.2. The Morgan fingerprint density at radius 1 is 0.388 bits per heavy atom. The third kappa shape index (κ3) is 6.15. The van der Waals surface area contributed by atoms with Crippen molar-refractivity contribution in [1.29, 1.82) is 0 Å². The molecule has 2 aliphatic heterocycles. The summed E-state index contributed by atoms with van der Waals surface area (Å²) in [6.45, 7) is 0. The maximum absolute atomic E-state index is 14.1. The average molecular weight is 925 g/mol. The second-order valence-corrected chi connectivity index (χ2v) is 21.4. The van der Waals surface area contributed by atoms with E-state index in [1.165, 1.54) is 17.7 Å². The lowest BCUT2D eigenvalue weighted by atomic mass is 9.79. The molecule has 0 unspecified atom stereocenters. The Bertz CT molecular complexity index is 3400. The fourth-order valence-electron chi connectivity index (χ4n) is 11.1. The number of hydrogen-bond acceptors (Lipinski definition) is 8. The zero-order valence-corrected chi connectivity index (χ0v) is 37.4. The molecule has 4 atom stereocenters. The van der Waals surface area contributed by atoms with Gasteiger partial charge in [0.15, 0.2) is 0 Å². The Labute approximate surface area is 385 Å². The van der Waals surface area contributed by atoms with Gasteiger partial charge < -0.3 is 0 Å². The van der Waals surface area contributed by atoms with Gasteiger partial charge in [0.05, 0.1) is 55.9 Å². The first-order valence-electron chi connectivity index (χ1n) is 22.2. The first kappa shape index (κ1) is 41.0. The van der Waals surface area contributed by atoms with Crippen LogP contribution in [0.4, 0.5) is 11.4 Å². The van der Waals surface area contributed by atoms with E-state index in [-0.39, 0.29) is 59.1 Å².